The zero-order chi connectivity index (χ0) is 17.0. The minimum atomic E-state index is -1.32. The van der Waals surface area contributed by atoms with Gasteiger partial charge in [0, 0.05) is 6.54 Å². The van der Waals surface area contributed by atoms with Gasteiger partial charge in [0.2, 0.25) is 0 Å². The molecule has 0 aromatic heterocycles. The number of hydrogen-bond donors (Lipinski definition) is 0. The summed E-state index contributed by atoms with van der Waals surface area (Å²) in [6, 6.07) is 0. The van der Waals surface area contributed by atoms with E-state index in [2.05, 4.69) is 25.3 Å². The largest absolute Gasteiger partial charge is 0.465 e. The van der Waals surface area contributed by atoms with Gasteiger partial charge >= 0.3 is 11.9 Å². The van der Waals surface area contributed by atoms with Crippen LogP contribution in [0.4, 0.5) is 0 Å². The molecule has 0 bridgehead atoms. The third-order valence-electron chi connectivity index (χ3n) is 3.40. The normalized spacial score (nSPS) is 11.3. The zero-order valence-corrected chi connectivity index (χ0v) is 14.5. The number of rotatable bonds is 12. The van der Waals surface area contributed by atoms with Crippen molar-refractivity contribution < 1.29 is 19.1 Å². The summed E-state index contributed by atoms with van der Waals surface area (Å²) in [6.07, 6.45) is 3.71. The first-order valence-electron chi connectivity index (χ1n) is 8.19. The highest BCUT2D eigenvalue weighted by atomic mass is 16.6. The Balaban J connectivity index is 5.52. The molecule has 0 aromatic rings. The molecular formula is C17H31NO4. The summed E-state index contributed by atoms with van der Waals surface area (Å²) in [5, 5.41) is 0. The Morgan fingerprint density at radius 2 is 1.45 bits per heavy atom. The highest BCUT2D eigenvalue weighted by molar-refractivity contribution is 6.00. The van der Waals surface area contributed by atoms with Crippen LogP contribution in [0.15, 0.2) is 12.7 Å². The number of carbonyl (C=O) groups excluding carboxylic acids is 2. The summed E-state index contributed by atoms with van der Waals surface area (Å²) in [7, 11) is 0. The maximum Gasteiger partial charge on any atom is 0.325 e. The molecule has 0 heterocycles. The van der Waals surface area contributed by atoms with Crippen LogP contribution in [0.25, 0.3) is 0 Å². The van der Waals surface area contributed by atoms with Gasteiger partial charge in [-0.2, -0.15) is 0 Å². The number of nitrogens with zero attached hydrogens (tertiary/aromatic N) is 1. The molecule has 0 amide bonds. The predicted octanol–water partition coefficient (Wildman–Crippen LogP) is 2.80. The molecule has 0 aromatic carbocycles. The molecule has 0 atom stereocenters. The lowest BCUT2D eigenvalue weighted by Crippen LogP contribution is -2.50. The molecule has 128 valence electrons. The van der Waals surface area contributed by atoms with E-state index in [9.17, 15) is 9.59 Å². The predicted molar refractivity (Wildman–Crippen MR) is 87.5 cm³/mol. The summed E-state index contributed by atoms with van der Waals surface area (Å²) in [5.74, 6) is -1.05. The highest BCUT2D eigenvalue weighted by Gasteiger charge is 2.48. The van der Waals surface area contributed by atoms with E-state index in [1.807, 2.05) is 0 Å². The maximum atomic E-state index is 12.5. The minimum Gasteiger partial charge on any atom is -0.465 e. The maximum absolute atomic E-state index is 12.5. The molecule has 0 unspecified atom stereocenters. The zero-order valence-electron chi connectivity index (χ0n) is 14.5. The molecular weight excluding hydrogens is 282 g/mol. The molecule has 5 heteroatoms. The monoisotopic (exact) mass is 313 g/mol. The van der Waals surface area contributed by atoms with Crippen LogP contribution in [-0.2, 0) is 19.1 Å². The average molecular weight is 313 g/mol. The fourth-order valence-electron chi connectivity index (χ4n) is 2.51. The van der Waals surface area contributed by atoms with Gasteiger partial charge in [-0.25, -0.2) is 0 Å². The Labute approximate surface area is 134 Å². The van der Waals surface area contributed by atoms with E-state index in [1.54, 1.807) is 19.9 Å². The van der Waals surface area contributed by atoms with Crippen molar-refractivity contribution in [2.24, 2.45) is 5.41 Å². The van der Waals surface area contributed by atoms with Crippen molar-refractivity contribution in [2.75, 3.05) is 32.8 Å². The third-order valence-corrected chi connectivity index (χ3v) is 3.40. The van der Waals surface area contributed by atoms with Crippen molar-refractivity contribution in [3.8, 4) is 0 Å². The molecule has 5 nitrogen and oxygen atoms in total. The van der Waals surface area contributed by atoms with E-state index in [-0.39, 0.29) is 19.6 Å². The van der Waals surface area contributed by atoms with Gasteiger partial charge in [-0.05, 0) is 46.2 Å². The van der Waals surface area contributed by atoms with Crippen LogP contribution in [0.1, 0.15) is 47.0 Å². The van der Waals surface area contributed by atoms with Crippen LogP contribution >= 0.6 is 0 Å². The van der Waals surface area contributed by atoms with Crippen molar-refractivity contribution in [3.63, 3.8) is 0 Å². The van der Waals surface area contributed by atoms with Crippen LogP contribution in [0, 0.1) is 5.41 Å². The topological polar surface area (TPSA) is 55.8 Å². The summed E-state index contributed by atoms with van der Waals surface area (Å²) >= 11 is 0. The van der Waals surface area contributed by atoms with Gasteiger partial charge in [-0.15, -0.1) is 6.58 Å². The molecule has 0 saturated heterocycles. The lowest BCUT2D eigenvalue weighted by molar-refractivity contribution is -0.173. The first kappa shape index (κ1) is 20.6. The second-order valence-corrected chi connectivity index (χ2v) is 5.29. The van der Waals surface area contributed by atoms with E-state index >= 15 is 0 Å². The van der Waals surface area contributed by atoms with Crippen LogP contribution in [0.5, 0.6) is 0 Å². The van der Waals surface area contributed by atoms with Crippen molar-refractivity contribution in [1.82, 2.24) is 4.90 Å². The molecule has 0 aliphatic carbocycles. The Bertz CT molecular complexity index is 331. The quantitative estimate of drug-likeness (QED) is 0.315. The smallest absolute Gasteiger partial charge is 0.325 e. The Hall–Kier alpha value is -1.36. The Morgan fingerprint density at radius 3 is 1.77 bits per heavy atom. The second-order valence-electron chi connectivity index (χ2n) is 5.29. The lowest BCUT2D eigenvalue weighted by Gasteiger charge is -2.33. The van der Waals surface area contributed by atoms with E-state index in [4.69, 9.17) is 9.47 Å². The van der Waals surface area contributed by atoms with Gasteiger partial charge in [0.25, 0.3) is 0 Å². The lowest BCUT2D eigenvalue weighted by atomic mass is 9.83. The van der Waals surface area contributed by atoms with Gasteiger partial charge in [0.15, 0.2) is 5.41 Å². The van der Waals surface area contributed by atoms with Crippen molar-refractivity contribution >= 4 is 11.9 Å². The third kappa shape index (κ3) is 5.79. The summed E-state index contributed by atoms with van der Waals surface area (Å²) in [5.41, 5.74) is -1.32. The number of carbonyl (C=O) groups is 2. The number of esters is 2. The molecule has 22 heavy (non-hydrogen) atoms. The van der Waals surface area contributed by atoms with E-state index in [1.165, 1.54) is 0 Å². The molecule has 0 aliphatic rings. The first-order chi connectivity index (χ1) is 10.5. The first-order valence-corrected chi connectivity index (χ1v) is 8.19. The molecule has 0 fully saturated rings. The van der Waals surface area contributed by atoms with Gasteiger partial charge < -0.3 is 14.4 Å². The van der Waals surface area contributed by atoms with Crippen LogP contribution in [-0.4, -0.2) is 49.7 Å². The molecule has 0 N–H and O–H groups in total. The molecule has 0 radical (unpaired) electrons. The number of ether oxygens (including phenoxy) is 2. The van der Waals surface area contributed by atoms with Crippen LogP contribution in [0.2, 0.25) is 0 Å². The SMILES string of the molecule is C=CCC(CN(CCC)CCC)(C(=O)OCC)C(=O)OCC. The summed E-state index contributed by atoms with van der Waals surface area (Å²) < 4.78 is 10.3. The molecule has 0 rings (SSSR count). The van der Waals surface area contributed by atoms with Gasteiger partial charge in [-0.1, -0.05) is 19.9 Å². The van der Waals surface area contributed by atoms with E-state index in [0.29, 0.717) is 6.54 Å². The van der Waals surface area contributed by atoms with Crippen molar-refractivity contribution in [1.29, 1.82) is 0 Å². The molecule has 0 spiro atoms. The van der Waals surface area contributed by atoms with Crippen molar-refractivity contribution in [2.45, 2.75) is 47.0 Å². The fourth-order valence-corrected chi connectivity index (χ4v) is 2.51. The minimum absolute atomic E-state index is 0.217. The summed E-state index contributed by atoms with van der Waals surface area (Å²) in [4.78, 5) is 27.2. The Morgan fingerprint density at radius 1 is 1.00 bits per heavy atom. The fraction of sp³-hybridized carbons (Fsp3) is 0.765. The van der Waals surface area contributed by atoms with Crippen molar-refractivity contribution in [3.05, 3.63) is 12.7 Å². The molecule has 0 aliphatic heterocycles. The summed E-state index contributed by atoms with van der Waals surface area (Å²) in [6.45, 7) is 13.7. The van der Waals surface area contributed by atoms with Gasteiger partial charge in [-0.3, -0.25) is 9.59 Å². The number of allylic oxidation sites excluding steroid dienone is 1. The Kier molecular flexibility index (Phi) is 10.5. The van der Waals surface area contributed by atoms with Gasteiger partial charge in [0.05, 0.1) is 13.2 Å². The number of hydrogen-bond acceptors (Lipinski definition) is 5. The van der Waals surface area contributed by atoms with E-state index in [0.717, 1.165) is 25.9 Å². The standard InChI is InChI=1S/C17H31NO4/c1-6-11-17(15(19)21-9-4,16(20)22-10-5)14-18(12-7-2)13-8-3/h6H,1,7-14H2,2-5H3. The van der Waals surface area contributed by atoms with E-state index < -0.39 is 17.4 Å². The van der Waals surface area contributed by atoms with Crippen LogP contribution in [0.3, 0.4) is 0 Å². The second kappa shape index (κ2) is 11.2. The highest BCUT2D eigenvalue weighted by Crippen LogP contribution is 2.29. The van der Waals surface area contributed by atoms with Gasteiger partial charge in [0.1, 0.15) is 0 Å². The molecule has 0 saturated carbocycles. The average Bonchev–Trinajstić information content (AvgIpc) is 2.47. The van der Waals surface area contributed by atoms with Crippen LogP contribution < -0.4 is 0 Å².